The number of thiophene rings is 1. The van der Waals surface area contributed by atoms with Crippen LogP contribution in [0.4, 0.5) is 0 Å². The Labute approximate surface area is 158 Å². The highest BCUT2D eigenvalue weighted by atomic mass is 35.5. The summed E-state index contributed by atoms with van der Waals surface area (Å²) in [6, 6.07) is 8.59. The Morgan fingerprint density at radius 2 is 1.79 bits per heavy atom. The van der Waals surface area contributed by atoms with Gasteiger partial charge in [0.15, 0.2) is 6.61 Å². The third-order valence-corrected chi connectivity index (χ3v) is 5.11. The van der Waals surface area contributed by atoms with E-state index in [4.69, 9.17) is 39.5 Å². The number of hydrogen-bond acceptors (Lipinski definition) is 4. The number of carbonyl (C=O) groups excluding carboxylic acids is 2. The van der Waals surface area contributed by atoms with Crippen LogP contribution < -0.4 is 0 Å². The molecule has 0 saturated carbocycles. The van der Waals surface area contributed by atoms with Gasteiger partial charge in [0.25, 0.3) is 5.91 Å². The molecule has 0 bridgehead atoms. The lowest BCUT2D eigenvalue weighted by molar-refractivity contribution is -0.151. The summed E-state index contributed by atoms with van der Waals surface area (Å²) in [5.74, 6) is -0.871. The number of benzene rings is 1. The predicted molar refractivity (Wildman–Crippen MR) is 96.9 cm³/mol. The van der Waals surface area contributed by atoms with E-state index in [0.29, 0.717) is 26.5 Å². The van der Waals surface area contributed by atoms with Crippen LogP contribution in [0, 0.1) is 0 Å². The van der Waals surface area contributed by atoms with E-state index < -0.39 is 5.97 Å². The fourth-order valence-corrected chi connectivity index (χ4v) is 3.58. The molecule has 0 N–H and O–H groups in total. The Morgan fingerprint density at radius 3 is 2.38 bits per heavy atom. The molecule has 1 aromatic heterocycles. The molecule has 24 heavy (non-hydrogen) atoms. The average molecular weight is 407 g/mol. The van der Waals surface area contributed by atoms with E-state index in [0.717, 1.165) is 4.88 Å². The molecule has 128 valence electrons. The van der Waals surface area contributed by atoms with E-state index in [1.165, 1.54) is 16.2 Å². The number of rotatable bonds is 6. The first-order valence-electron chi connectivity index (χ1n) is 6.93. The largest absolute Gasteiger partial charge is 0.455 e. The number of hydrogen-bond donors (Lipinski definition) is 0. The molecule has 0 fully saturated rings. The van der Waals surface area contributed by atoms with Gasteiger partial charge < -0.3 is 9.64 Å². The molecular weight excluding hydrogens is 393 g/mol. The normalized spacial score (nSPS) is 10.5. The maximum Gasteiger partial charge on any atom is 0.310 e. The van der Waals surface area contributed by atoms with Crippen LogP contribution in [-0.2, 0) is 27.3 Å². The van der Waals surface area contributed by atoms with Crippen molar-refractivity contribution in [3.8, 4) is 0 Å². The summed E-state index contributed by atoms with van der Waals surface area (Å²) >= 11 is 19.3. The lowest BCUT2D eigenvalue weighted by Gasteiger charge is -2.16. The predicted octanol–water partition coefficient (Wildman–Crippen LogP) is 4.45. The summed E-state index contributed by atoms with van der Waals surface area (Å²) in [5, 5.41) is 0.773. The highest BCUT2D eigenvalue weighted by molar-refractivity contribution is 7.16. The van der Waals surface area contributed by atoms with E-state index in [2.05, 4.69) is 0 Å². The Kier molecular flexibility index (Phi) is 6.92. The number of likely N-dealkylation sites (N-methyl/N-ethyl adjacent to an activating group) is 1. The summed E-state index contributed by atoms with van der Waals surface area (Å²) in [6.07, 6.45) is -0.0873. The first-order valence-corrected chi connectivity index (χ1v) is 8.88. The highest BCUT2D eigenvalue weighted by Gasteiger charge is 2.16. The molecule has 0 atom stereocenters. The van der Waals surface area contributed by atoms with Gasteiger partial charge in [0.1, 0.15) is 0 Å². The lowest BCUT2D eigenvalue weighted by atomic mass is 10.1. The van der Waals surface area contributed by atoms with Crippen LogP contribution in [0.3, 0.4) is 0 Å². The number of ether oxygens (including phenoxy) is 1. The van der Waals surface area contributed by atoms with Crippen molar-refractivity contribution in [1.29, 1.82) is 0 Å². The molecule has 2 aromatic rings. The summed E-state index contributed by atoms with van der Waals surface area (Å²) < 4.78 is 5.67. The van der Waals surface area contributed by atoms with E-state index in [1.54, 1.807) is 31.3 Å². The number of amides is 1. The zero-order chi connectivity index (χ0) is 17.7. The van der Waals surface area contributed by atoms with Crippen LogP contribution in [0.25, 0.3) is 0 Å². The topological polar surface area (TPSA) is 46.6 Å². The fraction of sp³-hybridized carbons (Fsp3) is 0.250. The van der Waals surface area contributed by atoms with Crippen molar-refractivity contribution >= 4 is 58.0 Å². The third kappa shape index (κ3) is 5.38. The van der Waals surface area contributed by atoms with E-state index in [1.807, 2.05) is 6.07 Å². The summed E-state index contributed by atoms with van der Waals surface area (Å²) in [4.78, 5) is 26.3. The van der Waals surface area contributed by atoms with Crippen LogP contribution >= 0.6 is 46.1 Å². The standard InChI is InChI=1S/C16H14Cl3NO3S/c1-20(8-10-5-6-14(19)24-10)15(21)9-23-16(22)7-11-12(17)3-2-4-13(11)18/h2-6H,7-9H2,1H3. The van der Waals surface area contributed by atoms with Gasteiger partial charge in [-0.3, -0.25) is 9.59 Å². The van der Waals surface area contributed by atoms with Crippen LogP contribution in [0.5, 0.6) is 0 Å². The maximum atomic E-state index is 12.0. The molecule has 0 aliphatic rings. The van der Waals surface area contributed by atoms with Gasteiger partial charge in [-0.1, -0.05) is 40.9 Å². The molecule has 4 nitrogen and oxygen atoms in total. The summed E-state index contributed by atoms with van der Waals surface area (Å²) in [6.45, 7) is 0.0701. The minimum atomic E-state index is -0.564. The van der Waals surface area contributed by atoms with Gasteiger partial charge in [0, 0.05) is 27.5 Å². The quantitative estimate of drug-likeness (QED) is 0.666. The Balaban J connectivity index is 1.83. The molecule has 0 aliphatic carbocycles. The molecule has 0 radical (unpaired) electrons. The minimum Gasteiger partial charge on any atom is -0.455 e. The van der Waals surface area contributed by atoms with Crippen LogP contribution in [0.2, 0.25) is 14.4 Å². The third-order valence-electron chi connectivity index (χ3n) is 3.19. The molecule has 0 saturated heterocycles. The molecule has 1 aromatic carbocycles. The lowest BCUT2D eigenvalue weighted by Crippen LogP contribution is -2.30. The fourth-order valence-electron chi connectivity index (χ4n) is 1.91. The van der Waals surface area contributed by atoms with E-state index >= 15 is 0 Å². The van der Waals surface area contributed by atoms with Crippen molar-refractivity contribution in [3.63, 3.8) is 0 Å². The van der Waals surface area contributed by atoms with Gasteiger partial charge in [0.05, 0.1) is 17.3 Å². The second-order valence-electron chi connectivity index (χ2n) is 4.99. The van der Waals surface area contributed by atoms with Crippen molar-refractivity contribution < 1.29 is 14.3 Å². The summed E-state index contributed by atoms with van der Waals surface area (Å²) in [7, 11) is 1.63. The Bertz CT molecular complexity index is 728. The van der Waals surface area contributed by atoms with Gasteiger partial charge in [-0.2, -0.15) is 0 Å². The molecule has 0 aliphatic heterocycles. The second kappa shape index (κ2) is 8.72. The van der Waals surface area contributed by atoms with Crippen LogP contribution in [0.1, 0.15) is 10.4 Å². The Hall–Kier alpha value is -1.27. The summed E-state index contributed by atoms with van der Waals surface area (Å²) in [5.41, 5.74) is 0.486. The zero-order valence-electron chi connectivity index (χ0n) is 12.7. The molecule has 1 amide bonds. The van der Waals surface area contributed by atoms with Crippen molar-refractivity contribution in [3.05, 3.63) is 55.2 Å². The van der Waals surface area contributed by atoms with E-state index in [9.17, 15) is 9.59 Å². The molecule has 1 heterocycles. The van der Waals surface area contributed by atoms with Gasteiger partial charge in [-0.25, -0.2) is 0 Å². The number of esters is 1. The van der Waals surface area contributed by atoms with Crippen molar-refractivity contribution in [2.75, 3.05) is 13.7 Å². The maximum absolute atomic E-state index is 12.0. The van der Waals surface area contributed by atoms with Crippen LogP contribution in [-0.4, -0.2) is 30.4 Å². The molecule has 0 spiro atoms. The zero-order valence-corrected chi connectivity index (χ0v) is 15.8. The average Bonchev–Trinajstić information content (AvgIpc) is 2.93. The number of carbonyl (C=O) groups is 2. The SMILES string of the molecule is CN(Cc1ccc(Cl)s1)C(=O)COC(=O)Cc1c(Cl)cccc1Cl. The van der Waals surface area contributed by atoms with Crippen molar-refractivity contribution in [1.82, 2.24) is 4.90 Å². The molecule has 8 heteroatoms. The minimum absolute atomic E-state index is 0.0873. The molecule has 2 rings (SSSR count). The number of halogens is 3. The number of nitrogens with zero attached hydrogens (tertiary/aromatic N) is 1. The Morgan fingerprint density at radius 1 is 1.12 bits per heavy atom. The van der Waals surface area contributed by atoms with Gasteiger partial charge in [0.2, 0.25) is 0 Å². The smallest absolute Gasteiger partial charge is 0.310 e. The first-order chi connectivity index (χ1) is 11.4. The van der Waals surface area contributed by atoms with E-state index in [-0.39, 0.29) is 18.9 Å². The second-order valence-corrected chi connectivity index (χ2v) is 7.61. The molecule has 0 unspecified atom stereocenters. The van der Waals surface area contributed by atoms with Gasteiger partial charge in [-0.05, 0) is 24.3 Å². The highest BCUT2D eigenvalue weighted by Crippen LogP contribution is 2.25. The van der Waals surface area contributed by atoms with Crippen molar-refractivity contribution in [2.24, 2.45) is 0 Å². The van der Waals surface area contributed by atoms with Gasteiger partial charge in [-0.15, -0.1) is 11.3 Å². The van der Waals surface area contributed by atoms with Crippen LogP contribution in [0.15, 0.2) is 30.3 Å². The van der Waals surface area contributed by atoms with Gasteiger partial charge >= 0.3 is 5.97 Å². The van der Waals surface area contributed by atoms with Crippen molar-refractivity contribution in [2.45, 2.75) is 13.0 Å². The monoisotopic (exact) mass is 405 g/mol. The molecular formula is C16H14Cl3NO3S. The first kappa shape index (κ1) is 19.1.